The highest BCUT2D eigenvalue weighted by Gasteiger charge is 2.32. The molecule has 1 aromatic heterocycles. The molecule has 1 aliphatic rings. The molecule has 2 heterocycles. The van der Waals surface area contributed by atoms with Crippen molar-refractivity contribution in [1.29, 1.82) is 0 Å². The first-order valence-electron chi connectivity index (χ1n) is 5.89. The number of anilines is 2. The summed E-state index contributed by atoms with van der Waals surface area (Å²) in [6.07, 6.45) is 1.73. The van der Waals surface area contributed by atoms with Gasteiger partial charge >= 0.3 is 0 Å². The van der Waals surface area contributed by atoms with E-state index in [0.29, 0.717) is 5.95 Å². The molecular formula is C11H19BrN6. The summed E-state index contributed by atoms with van der Waals surface area (Å²) in [6, 6.07) is 0. The third kappa shape index (κ3) is 2.57. The summed E-state index contributed by atoms with van der Waals surface area (Å²) in [7, 11) is 2.15. The van der Waals surface area contributed by atoms with Crippen LogP contribution in [-0.2, 0) is 0 Å². The Morgan fingerprint density at radius 3 is 2.78 bits per heavy atom. The topological polar surface area (TPSA) is 70.3 Å². The van der Waals surface area contributed by atoms with Crippen LogP contribution >= 0.6 is 15.9 Å². The van der Waals surface area contributed by atoms with Crippen molar-refractivity contribution in [3.63, 3.8) is 0 Å². The predicted molar refractivity (Wildman–Crippen MR) is 76.5 cm³/mol. The second-order valence-electron chi connectivity index (χ2n) is 5.17. The van der Waals surface area contributed by atoms with Gasteiger partial charge in [-0.2, -0.15) is 4.98 Å². The van der Waals surface area contributed by atoms with Crippen molar-refractivity contribution in [2.75, 3.05) is 37.0 Å². The maximum Gasteiger partial charge on any atom is 0.239 e. The van der Waals surface area contributed by atoms with Gasteiger partial charge in [0.25, 0.3) is 0 Å². The molecule has 100 valence electrons. The molecule has 0 aromatic carbocycles. The van der Waals surface area contributed by atoms with Crippen LogP contribution in [0.4, 0.5) is 11.8 Å². The highest BCUT2D eigenvalue weighted by Crippen LogP contribution is 2.28. The van der Waals surface area contributed by atoms with Crippen LogP contribution in [0.5, 0.6) is 0 Å². The van der Waals surface area contributed by atoms with Crippen molar-refractivity contribution in [3.05, 3.63) is 10.7 Å². The Kier molecular flexibility index (Phi) is 3.74. The quantitative estimate of drug-likeness (QED) is 0.628. The first-order chi connectivity index (χ1) is 8.44. The van der Waals surface area contributed by atoms with Gasteiger partial charge < -0.3 is 4.90 Å². The number of halogens is 1. The molecule has 3 N–H and O–H groups in total. The lowest BCUT2D eigenvalue weighted by molar-refractivity contribution is 0.138. The number of likely N-dealkylation sites (N-methyl/N-ethyl adjacent to an activating group) is 1. The van der Waals surface area contributed by atoms with Crippen LogP contribution in [0.1, 0.15) is 13.8 Å². The fraction of sp³-hybridized carbons (Fsp3) is 0.636. The normalized spacial score (nSPS) is 19.9. The molecule has 0 bridgehead atoms. The summed E-state index contributed by atoms with van der Waals surface area (Å²) in [5.41, 5.74) is 2.61. The lowest BCUT2D eigenvalue weighted by Gasteiger charge is -2.45. The fourth-order valence-corrected chi connectivity index (χ4v) is 2.51. The van der Waals surface area contributed by atoms with Crippen LogP contribution in [0.3, 0.4) is 0 Å². The zero-order valence-corrected chi connectivity index (χ0v) is 12.5. The number of nitrogens with one attached hydrogen (secondary N) is 1. The van der Waals surface area contributed by atoms with Gasteiger partial charge in [-0.25, -0.2) is 10.8 Å². The number of hydrazine groups is 1. The molecule has 0 unspecified atom stereocenters. The first kappa shape index (κ1) is 13.5. The Hall–Kier alpha value is -0.920. The summed E-state index contributed by atoms with van der Waals surface area (Å²) in [6.45, 7) is 7.34. The van der Waals surface area contributed by atoms with Gasteiger partial charge in [0.05, 0.1) is 4.47 Å². The van der Waals surface area contributed by atoms with E-state index in [1.165, 1.54) is 0 Å². The number of piperazine rings is 1. The molecule has 0 aliphatic carbocycles. The van der Waals surface area contributed by atoms with Crippen LogP contribution in [-0.4, -0.2) is 47.1 Å². The van der Waals surface area contributed by atoms with Crippen molar-refractivity contribution in [3.8, 4) is 0 Å². The minimum atomic E-state index is 0.124. The minimum Gasteiger partial charge on any atom is -0.352 e. The molecule has 6 nitrogen and oxygen atoms in total. The van der Waals surface area contributed by atoms with Gasteiger partial charge in [-0.05, 0) is 36.8 Å². The number of hydrogen-bond donors (Lipinski definition) is 2. The zero-order chi connectivity index (χ0) is 13.3. The van der Waals surface area contributed by atoms with Crippen molar-refractivity contribution >= 4 is 27.7 Å². The molecule has 2 rings (SSSR count). The molecule has 1 saturated heterocycles. The molecule has 18 heavy (non-hydrogen) atoms. The highest BCUT2D eigenvalue weighted by molar-refractivity contribution is 9.10. The van der Waals surface area contributed by atoms with Crippen LogP contribution in [0.2, 0.25) is 0 Å². The Bertz CT molecular complexity index is 436. The van der Waals surface area contributed by atoms with Crippen molar-refractivity contribution in [1.82, 2.24) is 14.9 Å². The first-order valence-corrected chi connectivity index (χ1v) is 6.69. The average Bonchev–Trinajstić information content (AvgIpc) is 2.33. The molecule has 0 radical (unpaired) electrons. The predicted octanol–water partition coefficient (Wildman–Crippen LogP) is 1.06. The molecule has 1 aliphatic heterocycles. The Balaban J connectivity index is 2.26. The lowest BCUT2D eigenvalue weighted by Crippen LogP contribution is -2.58. The molecule has 0 amide bonds. The van der Waals surface area contributed by atoms with Crippen LogP contribution in [0.15, 0.2) is 10.7 Å². The van der Waals surface area contributed by atoms with E-state index in [-0.39, 0.29) is 5.54 Å². The summed E-state index contributed by atoms with van der Waals surface area (Å²) in [4.78, 5) is 13.1. The van der Waals surface area contributed by atoms with Gasteiger partial charge in [0.1, 0.15) is 5.82 Å². The van der Waals surface area contributed by atoms with Gasteiger partial charge in [0.15, 0.2) is 0 Å². The second-order valence-corrected chi connectivity index (χ2v) is 6.02. The van der Waals surface area contributed by atoms with Crippen LogP contribution < -0.4 is 16.2 Å². The SMILES string of the molecule is CN1CCN(c2nc(NN)ncc2Br)CC1(C)C. The number of aromatic nitrogens is 2. The van der Waals surface area contributed by atoms with Gasteiger partial charge in [0.2, 0.25) is 5.95 Å². The average molecular weight is 315 g/mol. The number of nitrogens with zero attached hydrogens (tertiary/aromatic N) is 4. The van der Waals surface area contributed by atoms with E-state index in [1.54, 1.807) is 6.20 Å². The molecule has 7 heteroatoms. The summed E-state index contributed by atoms with van der Waals surface area (Å²) >= 11 is 3.50. The van der Waals surface area contributed by atoms with Gasteiger partial charge in [-0.1, -0.05) is 0 Å². The maximum atomic E-state index is 5.36. The minimum absolute atomic E-state index is 0.124. The van der Waals surface area contributed by atoms with E-state index in [1.807, 2.05) is 0 Å². The fourth-order valence-electron chi connectivity index (χ4n) is 2.07. The van der Waals surface area contributed by atoms with Crippen molar-refractivity contribution in [2.24, 2.45) is 5.84 Å². The number of nitrogen functional groups attached to an aromatic ring is 1. The van der Waals surface area contributed by atoms with E-state index in [9.17, 15) is 0 Å². The largest absolute Gasteiger partial charge is 0.352 e. The molecule has 0 spiro atoms. The van der Waals surface area contributed by atoms with E-state index in [0.717, 1.165) is 29.9 Å². The molecule has 1 fully saturated rings. The smallest absolute Gasteiger partial charge is 0.239 e. The third-order valence-corrected chi connectivity index (χ3v) is 4.03. The Morgan fingerprint density at radius 2 is 2.17 bits per heavy atom. The van der Waals surface area contributed by atoms with Crippen molar-refractivity contribution in [2.45, 2.75) is 19.4 Å². The van der Waals surface area contributed by atoms with Crippen molar-refractivity contribution < 1.29 is 0 Å². The van der Waals surface area contributed by atoms with E-state index < -0.39 is 0 Å². The third-order valence-electron chi connectivity index (χ3n) is 3.47. The highest BCUT2D eigenvalue weighted by atomic mass is 79.9. The summed E-state index contributed by atoms with van der Waals surface area (Å²) in [5, 5.41) is 0. The zero-order valence-electron chi connectivity index (χ0n) is 10.9. The molecule has 1 aromatic rings. The van der Waals surface area contributed by atoms with E-state index >= 15 is 0 Å². The number of hydrogen-bond acceptors (Lipinski definition) is 6. The van der Waals surface area contributed by atoms with Gasteiger partial charge in [0, 0.05) is 31.4 Å². The van der Waals surface area contributed by atoms with Crippen LogP contribution in [0, 0.1) is 0 Å². The monoisotopic (exact) mass is 314 g/mol. The number of rotatable bonds is 2. The summed E-state index contributed by atoms with van der Waals surface area (Å²) < 4.78 is 0.891. The second kappa shape index (κ2) is 4.99. The lowest BCUT2D eigenvalue weighted by atomic mass is 10.00. The molecule has 0 saturated carbocycles. The Labute approximate surface area is 116 Å². The van der Waals surface area contributed by atoms with E-state index in [4.69, 9.17) is 5.84 Å². The molecule has 0 atom stereocenters. The maximum absolute atomic E-state index is 5.36. The van der Waals surface area contributed by atoms with Gasteiger partial charge in [-0.15, -0.1) is 0 Å². The standard InChI is InChI=1S/C11H19BrN6/c1-11(2)7-18(5-4-17(11)3)9-8(12)6-14-10(15-9)16-13/h6H,4-5,7,13H2,1-3H3,(H,14,15,16). The molecular weight excluding hydrogens is 296 g/mol. The number of nitrogens with two attached hydrogens (primary N) is 1. The van der Waals surface area contributed by atoms with E-state index in [2.05, 4.69) is 62.0 Å². The Morgan fingerprint density at radius 1 is 1.44 bits per heavy atom. The van der Waals surface area contributed by atoms with Gasteiger partial charge in [-0.3, -0.25) is 10.3 Å². The van der Waals surface area contributed by atoms with Crippen LogP contribution in [0.25, 0.3) is 0 Å². The summed E-state index contributed by atoms with van der Waals surface area (Å²) in [5.74, 6) is 6.68.